The van der Waals surface area contributed by atoms with Crippen molar-refractivity contribution in [3.63, 3.8) is 0 Å². The molecule has 1 aromatic carbocycles. The monoisotopic (exact) mass is 347 g/mol. The molecule has 3 heterocycles. The van der Waals surface area contributed by atoms with E-state index >= 15 is 0 Å². The van der Waals surface area contributed by atoms with Crippen molar-refractivity contribution in [2.75, 3.05) is 37.7 Å². The molecule has 134 valence electrons. The summed E-state index contributed by atoms with van der Waals surface area (Å²) in [4.78, 5) is 11.5. The summed E-state index contributed by atoms with van der Waals surface area (Å²) in [6, 6.07) is 12.9. The molecule has 26 heavy (non-hydrogen) atoms. The molecule has 2 aliphatic heterocycles. The smallest absolute Gasteiger partial charge is 0.0694 e. The van der Waals surface area contributed by atoms with Crippen LogP contribution in [-0.4, -0.2) is 43.5 Å². The minimum atomic E-state index is 0.809. The average molecular weight is 347 g/mol. The molecule has 0 spiro atoms. The van der Waals surface area contributed by atoms with E-state index in [4.69, 9.17) is 9.73 Å². The first kappa shape index (κ1) is 17.0. The van der Waals surface area contributed by atoms with Crippen LogP contribution < -0.4 is 4.90 Å². The molecule has 0 N–H and O–H groups in total. The van der Waals surface area contributed by atoms with E-state index < -0.39 is 0 Å². The van der Waals surface area contributed by atoms with Crippen LogP contribution in [0, 0.1) is 0 Å². The SMILES string of the molecule is C(=C1/CCCN=C1c1cccnc1)/c1cccc(N2CCCOCC2)c1. The highest BCUT2D eigenvalue weighted by Crippen LogP contribution is 2.24. The van der Waals surface area contributed by atoms with Crippen molar-refractivity contribution in [1.82, 2.24) is 4.98 Å². The fraction of sp³-hybridized carbons (Fsp3) is 0.364. The molecule has 1 saturated heterocycles. The Labute approximate surface area is 155 Å². The van der Waals surface area contributed by atoms with Gasteiger partial charge in [0.1, 0.15) is 0 Å². The first-order valence-corrected chi connectivity index (χ1v) is 9.49. The molecule has 1 aromatic heterocycles. The molecular formula is C22H25N3O. The van der Waals surface area contributed by atoms with Crippen LogP contribution >= 0.6 is 0 Å². The zero-order valence-electron chi connectivity index (χ0n) is 15.1. The number of hydrogen-bond donors (Lipinski definition) is 0. The summed E-state index contributed by atoms with van der Waals surface area (Å²) < 4.78 is 5.59. The van der Waals surface area contributed by atoms with E-state index in [0.29, 0.717) is 0 Å². The summed E-state index contributed by atoms with van der Waals surface area (Å²) in [7, 11) is 0. The molecule has 4 nitrogen and oxygen atoms in total. The maximum absolute atomic E-state index is 5.59. The molecular weight excluding hydrogens is 322 g/mol. The molecule has 0 atom stereocenters. The Balaban J connectivity index is 1.61. The molecule has 4 rings (SSSR count). The van der Waals surface area contributed by atoms with Gasteiger partial charge in [0.15, 0.2) is 0 Å². The van der Waals surface area contributed by atoms with Gasteiger partial charge in [-0.05, 0) is 60.7 Å². The van der Waals surface area contributed by atoms with Crippen molar-refractivity contribution in [3.8, 4) is 0 Å². The van der Waals surface area contributed by atoms with Gasteiger partial charge in [-0.2, -0.15) is 0 Å². The molecule has 4 heteroatoms. The summed E-state index contributed by atoms with van der Waals surface area (Å²) >= 11 is 0. The van der Waals surface area contributed by atoms with Gasteiger partial charge in [-0.15, -0.1) is 0 Å². The van der Waals surface area contributed by atoms with Crippen molar-refractivity contribution in [2.24, 2.45) is 4.99 Å². The van der Waals surface area contributed by atoms with E-state index in [1.54, 1.807) is 0 Å². The van der Waals surface area contributed by atoms with Gasteiger partial charge in [0, 0.05) is 49.9 Å². The molecule has 2 aromatic rings. The average Bonchev–Trinajstić information content (AvgIpc) is 2.99. The second kappa shape index (κ2) is 8.28. The minimum absolute atomic E-state index is 0.809. The van der Waals surface area contributed by atoms with Crippen molar-refractivity contribution in [2.45, 2.75) is 19.3 Å². The van der Waals surface area contributed by atoms with Gasteiger partial charge in [0.05, 0.1) is 12.3 Å². The van der Waals surface area contributed by atoms with Crippen LogP contribution in [0.4, 0.5) is 5.69 Å². The first-order chi connectivity index (χ1) is 12.9. The maximum Gasteiger partial charge on any atom is 0.0694 e. The van der Waals surface area contributed by atoms with E-state index in [1.807, 2.05) is 18.5 Å². The predicted molar refractivity (Wildman–Crippen MR) is 107 cm³/mol. The molecule has 0 unspecified atom stereocenters. The molecule has 0 aliphatic carbocycles. The lowest BCUT2D eigenvalue weighted by Crippen LogP contribution is -2.25. The predicted octanol–water partition coefficient (Wildman–Crippen LogP) is 3.97. The second-order valence-corrected chi connectivity index (χ2v) is 6.79. The van der Waals surface area contributed by atoms with Crippen molar-refractivity contribution in [1.29, 1.82) is 0 Å². The lowest BCUT2D eigenvalue weighted by Gasteiger charge is -2.22. The van der Waals surface area contributed by atoms with Crippen molar-refractivity contribution >= 4 is 17.5 Å². The number of anilines is 1. The van der Waals surface area contributed by atoms with Crippen LogP contribution in [0.3, 0.4) is 0 Å². The third kappa shape index (κ3) is 4.02. The van der Waals surface area contributed by atoms with Gasteiger partial charge in [-0.1, -0.05) is 12.1 Å². The number of benzene rings is 1. The minimum Gasteiger partial charge on any atom is -0.380 e. The topological polar surface area (TPSA) is 37.7 Å². The largest absolute Gasteiger partial charge is 0.380 e. The fourth-order valence-electron chi connectivity index (χ4n) is 3.62. The normalized spacial score (nSPS) is 19.9. The summed E-state index contributed by atoms with van der Waals surface area (Å²) in [5.74, 6) is 0. The van der Waals surface area contributed by atoms with Gasteiger partial charge in [-0.3, -0.25) is 9.98 Å². The zero-order chi connectivity index (χ0) is 17.6. The molecule has 1 fully saturated rings. The number of rotatable bonds is 3. The molecule has 0 bridgehead atoms. The van der Waals surface area contributed by atoms with Crippen LogP contribution in [0.5, 0.6) is 0 Å². The quantitative estimate of drug-likeness (QED) is 0.843. The Morgan fingerprint density at radius 1 is 1.04 bits per heavy atom. The number of aromatic nitrogens is 1. The third-order valence-corrected chi connectivity index (χ3v) is 4.91. The van der Waals surface area contributed by atoms with Crippen LogP contribution in [0.15, 0.2) is 59.4 Å². The Morgan fingerprint density at radius 3 is 2.96 bits per heavy atom. The van der Waals surface area contributed by atoms with E-state index in [0.717, 1.165) is 63.4 Å². The van der Waals surface area contributed by atoms with Crippen LogP contribution in [-0.2, 0) is 4.74 Å². The molecule has 2 aliphatic rings. The van der Waals surface area contributed by atoms with Crippen LogP contribution in [0.1, 0.15) is 30.4 Å². The van der Waals surface area contributed by atoms with Gasteiger partial charge in [-0.25, -0.2) is 0 Å². The Bertz CT molecular complexity index is 790. The van der Waals surface area contributed by atoms with Crippen LogP contribution in [0.25, 0.3) is 6.08 Å². The summed E-state index contributed by atoms with van der Waals surface area (Å²) in [5.41, 5.74) is 6.03. The Morgan fingerprint density at radius 2 is 2.04 bits per heavy atom. The Kier molecular flexibility index (Phi) is 5.41. The van der Waals surface area contributed by atoms with Gasteiger partial charge in [0.25, 0.3) is 0 Å². The van der Waals surface area contributed by atoms with Gasteiger partial charge in [0.2, 0.25) is 0 Å². The zero-order valence-corrected chi connectivity index (χ0v) is 15.1. The number of aliphatic imine (C=N–C) groups is 1. The standard InChI is InChI=1S/C22H25N3O/c1-5-18(16-21(8-1)25-11-4-13-26-14-12-25)15-19-6-3-10-24-22(19)20-7-2-9-23-17-20/h1-2,5,7-9,15-17H,3-4,6,10-14H2/b19-15+. The summed E-state index contributed by atoms with van der Waals surface area (Å²) in [6.07, 6.45) is 9.27. The van der Waals surface area contributed by atoms with E-state index in [1.165, 1.54) is 16.8 Å². The van der Waals surface area contributed by atoms with Gasteiger partial charge >= 0.3 is 0 Å². The summed E-state index contributed by atoms with van der Waals surface area (Å²) in [6.45, 7) is 4.59. The first-order valence-electron chi connectivity index (χ1n) is 9.49. The number of allylic oxidation sites excluding steroid dienone is 1. The molecule has 0 saturated carbocycles. The van der Waals surface area contributed by atoms with Crippen molar-refractivity contribution < 1.29 is 4.74 Å². The highest BCUT2D eigenvalue weighted by molar-refractivity contribution is 6.15. The summed E-state index contributed by atoms with van der Waals surface area (Å²) in [5, 5.41) is 0. The molecule has 0 radical (unpaired) electrons. The lowest BCUT2D eigenvalue weighted by molar-refractivity contribution is 0.152. The highest BCUT2D eigenvalue weighted by atomic mass is 16.5. The molecule has 0 amide bonds. The van der Waals surface area contributed by atoms with E-state index in [2.05, 4.69) is 46.3 Å². The highest BCUT2D eigenvalue weighted by Gasteiger charge is 2.15. The van der Waals surface area contributed by atoms with E-state index in [-0.39, 0.29) is 0 Å². The maximum atomic E-state index is 5.59. The number of ether oxygens (including phenoxy) is 1. The Hall–Kier alpha value is -2.46. The number of pyridine rings is 1. The third-order valence-electron chi connectivity index (χ3n) is 4.91. The second-order valence-electron chi connectivity index (χ2n) is 6.79. The van der Waals surface area contributed by atoms with E-state index in [9.17, 15) is 0 Å². The number of hydrogen-bond acceptors (Lipinski definition) is 4. The lowest BCUT2D eigenvalue weighted by atomic mass is 9.95. The fourth-order valence-corrected chi connectivity index (χ4v) is 3.62. The van der Waals surface area contributed by atoms with Crippen LogP contribution in [0.2, 0.25) is 0 Å². The van der Waals surface area contributed by atoms with Gasteiger partial charge < -0.3 is 9.64 Å². The number of nitrogens with zero attached hydrogens (tertiary/aromatic N) is 3. The van der Waals surface area contributed by atoms with Crippen molar-refractivity contribution in [3.05, 3.63) is 65.5 Å².